The summed E-state index contributed by atoms with van der Waals surface area (Å²) >= 11 is 0. The highest BCUT2D eigenvalue weighted by atomic mass is 16.5. The van der Waals surface area contributed by atoms with Gasteiger partial charge in [-0.1, -0.05) is 24.3 Å². The van der Waals surface area contributed by atoms with E-state index in [1.807, 2.05) is 36.4 Å². The van der Waals surface area contributed by atoms with Gasteiger partial charge in [0, 0.05) is 17.8 Å². The molecule has 0 unspecified atom stereocenters. The number of methoxy groups -OCH3 is 4. The summed E-state index contributed by atoms with van der Waals surface area (Å²) < 4.78 is 21.0. The van der Waals surface area contributed by atoms with Crippen molar-refractivity contribution in [2.24, 2.45) is 0 Å². The van der Waals surface area contributed by atoms with Crippen molar-refractivity contribution >= 4 is 18.0 Å². The molecule has 7 heteroatoms. The molecule has 0 aromatic heterocycles. The van der Waals surface area contributed by atoms with Crippen LogP contribution in [0.2, 0.25) is 0 Å². The van der Waals surface area contributed by atoms with Gasteiger partial charge in [0.15, 0.2) is 11.5 Å². The van der Waals surface area contributed by atoms with Gasteiger partial charge in [-0.2, -0.15) is 0 Å². The van der Waals surface area contributed by atoms with E-state index in [1.165, 1.54) is 7.11 Å². The number of amides is 1. The second-order valence-electron chi connectivity index (χ2n) is 7.15. The minimum Gasteiger partial charge on any atom is -0.496 e. The van der Waals surface area contributed by atoms with Gasteiger partial charge in [-0.05, 0) is 43.2 Å². The molecule has 0 atom stereocenters. The molecule has 0 saturated carbocycles. The first kappa shape index (κ1) is 22.9. The molecule has 168 valence electrons. The third kappa shape index (κ3) is 4.46. The number of allylic oxidation sites excluding steroid dienone is 1. The maximum Gasteiger partial charge on any atom is 0.340 e. The maximum absolute atomic E-state index is 13.3. The molecule has 0 fully saturated rings. The molecular formula is C25H27NO6. The second kappa shape index (κ2) is 10.0. The molecule has 2 aromatic rings. The molecule has 0 saturated heterocycles. The third-order valence-corrected chi connectivity index (χ3v) is 5.41. The average Bonchev–Trinajstić information content (AvgIpc) is 3.06. The summed E-state index contributed by atoms with van der Waals surface area (Å²) in [6.07, 6.45) is 2.24. The summed E-state index contributed by atoms with van der Waals surface area (Å²) in [6, 6.07) is 13.0. The Morgan fingerprint density at radius 1 is 0.938 bits per heavy atom. The van der Waals surface area contributed by atoms with Crippen LogP contribution in [0.4, 0.5) is 0 Å². The van der Waals surface area contributed by atoms with Crippen LogP contribution >= 0.6 is 0 Å². The molecule has 0 spiro atoms. The Labute approximate surface area is 187 Å². The second-order valence-corrected chi connectivity index (χ2v) is 7.15. The molecule has 0 radical (unpaired) electrons. The maximum atomic E-state index is 13.3. The fourth-order valence-electron chi connectivity index (χ4n) is 3.72. The van der Waals surface area contributed by atoms with Gasteiger partial charge in [-0.3, -0.25) is 4.79 Å². The minimum atomic E-state index is -0.550. The van der Waals surface area contributed by atoms with Crippen molar-refractivity contribution in [2.75, 3.05) is 35.0 Å². The fourth-order valence-corrected chi connectivity index (χ4v) is 3.72. The van der Waals surface area contributed by atoms with E-state index >= 15 is 0 Å². The van der Waals surface area contributed by atoms with E-state index in [4.69, 9.17) is 18.9 Å². The molecule has 0 aliphatic carbocycles. The number of rotatable bonds is 8. The van der Waals surface area contributed by atoms with E-state index in [1.54, 1.807) is 45.3 Å². The standard InChI is InChI=1S/C25H27NO6/c1-16-23(25(28)32-5)19(15-18-8-6-7-9-20(18)29-2)24(27)26(16)13-12-17-10-11-21(30-3)22(14-17)31-4/h6-11,14-15H,12-13H2,1-5H3/b19-15-. The Balaban J connectivity index is 1.92. The Morgan fingerprint density at radius 3 is 2.28 bits per heavy atom. The molecule has 0 N–H and O–H groups in total. The van der Waals surface area contributed by atoms with Gasteiger partial charge < -0.3 is 23.8 Å². The molecule has 1 aliphatic rings. The third-order valence-electron chi connectivity index (χ3n) is 5.41. The van der Waals surface area contributed by atoms with Gasteiger partial charge in [0.05, 0.1) is 39.6 Å². The van der Waals surface area contributed by atoms with Crippen molar-refractivity contribution in [3.63, 3.8) is 0 Å². The molecule has 3 rings (SSSR count). The first-order valence-electron chi connectivity index (χ1n) is 10.1. The molecule has 7 nitrogen and oxygen atoms in total. The van der Waals surface area contributed by atoms with Crippen molar-refractivity contribution in [3.05, 3.63) is 70.4 Å². The zero-order chi connectivity index (χ0) is 23.3. The first-order chi connectivity index (χ1) is 15.4. The number of hydrogen-bond acceptors (Lipinski definition) is 6. The summed E-state index contributed by atoms with van der Waals surface area (Å²) in [6.45, 7) is 2.14. The smallest absolute Gasteiger partial charge is 0.340 e. The minimum absolute atomic E-state index is 0.255. The summed E-state index contributed by atoms with van der Waals surface area (Å²) in [5.41, 5.74) is 2.78. The molecule has 32 heavy (non-hydrogen) atoms. The summed E-state index contributed by atoms with van der Waals surface area (Å²) in [7, 11) is 6.03. The van der Waals surface area contributed by atoms with Gasteiger partial charge in [-0.25, -0.2) is 4.79 Å². The van der Waals surface area contributed by atoms with Gasteiger partial charge in [0.2, 0.25) is 0 Å². The number of ether oxygens (including phenoxy) is 4. The lowest BCUT2D eigenvalue weighted by Crippen LogP contribution is -2.27. The highest BCUT2D eigenvalue weighted by Gasteiger charge is 2.36. The molecular weight excluding hydrogens is 410 g/mol. The largest absolute Gasteiger partial charge is 0.496 e. The lowest BCUT2D eigenvalue weighted by molar-refractivity contribution is -0.136. The van der Waals surface area contributed by atoms with Crippen molar-refractivity contribution in [2.45, 2.75) is 13.3 Å². The molecule has 2 aromatic carbocycles. The number of nitrogens with zero attached hydrogens (tertiary/aromatic N) is 1. The zero-order valence-electron chi connectivity index (χ0n) is 18.9. The number of benzene rings is 2. The van der Waals surface area contributed by atoms with Crippen molar-refractivity contribution in [3.8, 4) is 17.2 Å². The van der Waals surface area contributed by atoms with Crippen molar-refractivity contribution < 1.29 is 28.5 Å². The number of para-hydroxylation sites is 1. The molecule has 0 bridgehead atoms. The molecule has 1 amide bonds. The molecule has 1 aliphatic heterocycles. The Kier molecular flexibility index (Phi) is 7.20. The summed E-state index contributed by atoms with van der Waals surface area (Å²) in [4.78, 5) is 27.5. The van der Waals surface area contributed by atoms with Crippen LogP contribution in [0.5, 0.6) is 17.2 Å². The lowest BCUT2D eigenvalue weighted by atomic mass is 10.0. The van der Waals surface area contributed by atoms with E-state index in [-0.39, 0.29) is 17.1 Å². The topological polar surface area (TPSA) is 74.3 Å². The van der Waals surface area contributed by atoms with E-state index in [9.17, 15) is 9.59 Å². The lowest BCUT2D eigenvalue weighted by Gasteiger charge is -2.18. The van der Waals surface area contributed by atoms with Gasteiger partial charge in [-0.15, -0.1) is 0 Å². The Morgan fingerprint density at radius 2 is 1.62 bits per heavy atom. The fraction of sp³-hybridized carbons (Fsp3) is 0.280. The van der Waals surface area contributed by atoms with Crippen LogP contribution in [-0.4, -0.2) is 51.8 Å². The van der Waals surface area contributed by atoms with Gasteiger partial charge >= 0.3 is 5.97 Å². The van der Waals surface area contributed by atoms with Crippen molar-refractivity contribution in [1.29, 1.82) is 0 Å². The highest BCUT2D eigenvalue weighted by molar-refractivity contribution is 6.16. The Hall–Kier alpha value is -3.74. The van der Waals surface area contributed by atoms with Gasteiger partial charge in [0.1, 0.15) is 5.75 Å². The predicted octanol–water partition coefficient (Wildman–Crippen LogP) is 3.63. The van der Waals surface area contributed by atoms with E-state index in [0.29, 0.717) is 41.5 Å². The SMILES string of the molecule is COC(=O)C1=C(C)N(CCc2ccc(OC)c(OC)c2)C(=O)/C1=C\c1ccccc1OC. The predicted molar refractivity (Wildman–Crippen MR) is 121 cm³/mol. The Bertz CT molecular complexity index is 1090. The monoisotopic (exact) mass is 437 g/mol. The molecule has 1 heterocycles. The zero-order valence-corrected chi connectivity index (χ0v) is 18.9. The van der Waals surface area contributed by atoms with E-state index in [2.05, 4.69) is 0 Å². The van der Waals surface area contributed by atoms with Crippen LogP contribution in [0, 0.1) is 0 Å². The number of carbonyl (C=O) groups excluding carboxylic acids is 2. The van der Waals surface area contributed by atoms with E-state index < -0.39 is 5.97 Å². The van der Waals surface area contributed by atoms with Crippen LogP contribution in [0.25, 0.3) is 6.08 Å². The summed E-state index contributed by atoms with van der Waals surface area (Å²) in [5, 5.41) is 0. The summed E-state index contributed by atoms with van der Waals surface area (Å²) in [5.74, 6) is 1.06. The van der Waals surface area contributed by atoms with Crippen molar-refractivity contribution in [1.82, 2.24) is 4.90 Å². The first-order valence-corrected chi connectivity index (χ1v) is 10.1. The van der Waals surface area contributed by atoms with Crippen LogP contribution < -0.4 is 14.2 Å². The van der Waals surface area contributed by atoms with E-state index in [0.717, 1.165) is 5.56 Å². The van der Waals surface area contributed by atoms with Crippen LogP contribution in [0.1, 0.15) is 18.1 Å². The quantitative estimate of drug-likeness (QED) is 0.464. The number of esters is 1. The number of hydrogen-bond donors (Lipinski definition) is 0. The van der Waals surface area contributed by atoms with Crippen LogP contribution in [-0.2, 0) is 20.7 Å². The normalized spacial score (nSPS) is 14.7. The van der Waals surface area contributed by atoms with Crippen LogP contribution in [0.3, 0.4) is 0 Å². The van der Waals surface area contributed by atoms with Crippen LogP contribution in [0.15, 0.2) is 59.3 Å². The highest BCUT2D eigenvalue weighted by Crippen LogP contribution is 2.34. The number of carbonyl (C=O) groups is 2. The van der Waals surface area contributed by atoms with Gasteiger partial charge in [0.25, 0.3) is 5.91 Å². The average molecular weight is 437 g/mol.